The summed E-state index contributed by atoms with van der Waals surface area (Å²) in [4.78, 5) is 11.0. The van der Waals surface area contributed by atoms with E-state index in [-0.39, 0.29) is 5.91 Å². The second-order valence-corrected chi connectivity index (χ2v) is 3.94. The van der Waals surface area contributed by atoms with E-state index in [9.17, 15) is 4.79 Å². The van der Waals surface area contributed by atoms with Crippen LogP contribution in [0.3, 0.4) is 0 Å². The Hall–Kier alpha value is -1.07. The van der Waals surface area contributed by atoms with Gasteiger partial charge < -0.3 is 4.74 Å². The maximum Gasteiger partial charge on any atom is 0.234 e. The highest BCUT2D eigenvalue weighted by Gasteiger charge is 2.06. The summed E-state index contributed by atoms with van der Waals surface area (Å²) in [6.07, 6.45) is 0.953. The topological polar surface area (TPSA) is 64.3 Å². The van der Waals surface area contributed by atoms with Crippen molar-refractivity contribution in [1.29, 1.82) is 0 Å². The fourth-order valence-electron chi connectivity index (χ4n) is 1.26. The van der Waals surface area contributed by atoms with Crippen molar-refractivity contribution in [2.45, 2.75) is 12.8 Å². The predicted molar refractivity (Wildman–Crippen MR) is 61.3 cm³/mol. The lowest BCUT2D eigenvalue weighted by molar-refractivity contribution is -0.121. The molecule has 15 heavy (non-hydrogen) atoms. The van der Waals surface area contributed by atoms with E-state index in [0.29, 0.717) is 12.8 Å². The summed E-state index contributed by atoms with van der Waals surface area (Å²) >= 11 is 3.37. The Labute approximate surface area is 96.9 Å². The third-order valence-electron chi connectivity index (χ3n) is 2.02. The Balaban J connectivity index is 2.74. The molecule has 0 radical (unpaired) electrons. The lowest BCUT2D eigenvalue weighted by Gasteiger charge is -2.08. The number of hydrazine groups is 1. The average molecular weight is 273 g/mol. The molecular weight excluding hydrogens is 260 g/mol. The number of carbonyl (C=O) groups is 1. The fraction of sp³-hybridized carbons (Fsp3) is 0.300. The molecule has 3 N–H and O–H groups in total. The maximum atomic E-state index is 11.0. The van der Waals surface area contributed by atoms with E-state index in [1.165, 1.54) is 0 Å². The normalized spacial score (nSPS) is 9.80. The average Bonchev–Trinajstić information content (AvgIpc) is 2.26. The zero-order valence-corrected chi connectivity index (χ0v) is 10.0. The van der Waals surface area contributed by atoms with Gasteiger partial charge in [0.2, 0.25) is 5.91 Å². The van der Waals surface area contributed by atoms with Gasteiger partial charge in [-0.25, -0.2) is 5.84 Å². The minimum Gasteiger partial charge on any atom is -0.496 e. The van der Waals surface area contributed by atoms with Gasteiger partial charge in [0, 0.05) is 10.9 Å². The first-order valence-corrected chi connectivity index (χ1v) is 5.28. The van der Waals surface area contributed by atoms with E-state index in [0.717, 1.165) is 15.8 Å². The van der Waals surface area contributed by atoms with Crippen LogP contribution >= 0.6 is 15.9 Å². The maximum absolute atomic E-state index is 11.0. The van der Waals surface area contributed by atoms with Crippen LogP contribution in [0.15, 0.2) is 22.7 Å². The quantitative estimate of drug-likeness (QED) is 0.495. The largest absolute Gasteiger partial charge is 0.496 e. The van der Waals surface area contributed by atoms with Crippen LogP contribution in [0.25, 0.3) is 0 Å². The molecule has 82 valence electrons. The minimum atomic E-state index is -0.183. The Morgan fingerprint density at radius 3 is 2.93 bits per heavy atom. The molecule has 1 rings (SSSR count). The number of halogens is 1. The van der Waals surface area contributed by atoms with Gasteiger partial charge in [-0.1, -0.05) is 15.9 Å². The highest BCUT2D eigenvalue weighted by atomic mass is 79.9. The van der Waals surface area contributed by atoms with Crippen LogP contribution in [0.2, 0.25) is 0 Å². The molecule has 0 unspecified atom stereocenters. The summed E-state index contributed by atoms with van der Waals surface area (Å²) in [5, 5.41) is 0. The standard InChI is InChI=1S/C10H13BrN2O2/c1-15-9-4-3-8(11)6-7(9)2-5-10(14)13-12/h3-4,6H,2,5,12H2,1H3,(H,13,14). The van der Waals surface area contributed by atoms with E-state index < -0.39 is 0 Å². The zero-order valence-electron chi connectivity index (χ0n) is 8.42. The van der Waals surface area contributed by atoms with Crippen molar-refractivity contribution in [2.75, 3.05) is 7.11 Å². The number of amides is 1. The first kappa shape index (κ1) is 12.0. The molecule has 0 heterocycles. The Kier molecular flexibility index (Phi) is 4.58. The molecule has 0 saturated carbocycles. The SMILES string of the molecule is COc1ccc(Br)cc1CCC(=O)NN. The van der Waals surface area contributed by atoms with Gasteiger partial charge in [0.15, 0.2) is 0 Å². The number of nitrogens with two attached hydrogens (primary N) is 1. The van der Waals surface area contributed by atoms with Gasteiger partial charge in [-0.05, 0) is 30.2 Å². The number of rotatable bonds is 4. The highest BCUT2D eigenvalue weighted by Crippen LogP contribution is 2.23. The molecule has 1 aromatic rings. The molecule has 0 fully saturated rings. The molecule has 1 amide bonds. The number of carbonyl (C=O) groups excluding carboxylic acids is 1. The second-order valence-electron chi connectivity index (χ2n) is 3.02. The van der Waals surface area contributed by atoms with Crippen LogP contribution in [0.5, 0.6) is 5.75 Å². The van der Waals surface area contributed by atoms with Gasteiger partial charge in [-0.15, -0.1) is 0 Å². The first-order valence-electron chi connectivity index (χ1n) is 4.49. The molecule has 0 saturated heterocycles. The van der Waals surface area contributed by atoms with E-state index >= 15 is 0 Å². The monoisotopic (exact) mass is 272 g/mol. The third-order valence-corrected chi connectivity index (χ3v) is 2.52. The molecule has 5 heteroatoms. The van der Waals surface area contributed by atoms with Gasteiger partial charge in [0.1, 0.15) is 5.75 Å². The molecule has 0 aromatic heterocycles. The zero-order chi connectivity index (χ0) is 11.3. The lowest BCUT2D eigenvalue weighted by atomic mass is 10.1. The summed E-state index contributed by atoms with van der Waals surface area (Å²) in [5.41, 5.74) is 3.08. The van der Waals surface area contributed by atoms with Crippen molar-refractivity contribution in [3.63, 3.8) is 0 Å². The van der Waals surface area contributed by atoms with E-state index in [1.54, 1.807) is 7.11 Å². The highest BCUT2D eigenvalue weighted by molar-refractivity contribution is 9.10. The molecule has 0 aliphatic carbocycles. The van der Waals surface area contributed by atoms with Gasteiger partial charge in [-0.2, -0.15) is 0 Å². The molecule has 4 nitrogen and oxygen atoms in total. The molecule has 0 spiro atoms. The summed E-state index contributed by atoms with van der Waals surface area (Å²) in [5.74, 6) is 5.59. The van der Waals surface area contributed by atoms with Crippen LogP contribution in [0, 0.1) is 0 Å². The van der Waals surface area contributed by atoms with Crippen molar-refractivity contribution < 1.29 is 9.53 Å². The molecule has 0 aliphatic heterocycles. The Morgan fingerprint density at radius 2 is 2.33 bits per heavy atom. The number of ether oxygens (including phenoxy) is 1. The van der Waals surface area contributed by atoms with Gasteiger partial charge in [0.25, 0.3) is 0 Å². The smallest absolute Gasteiger partial charge is 0.234 e. The van der Waals surface area contributed by atoms with Crippen LogP contribution in [-0.2, 0) is 11.2 Å². The van der Waals surface area contributed by atoms with Gasteiger partial charge >= 0.3 is 0 Å². The predicted octanol–water partition coefficient (Wildman–Crippen LogP) is 1.38. The number of nitrogens with one attached hydrogen (secondary N) is 1. The summed E-state index contributed by atoms with van der Waals surface area (Å²) < 4.78 is 6.15. The van der Waals surface area contributed by atoms with Gasteiger partial charge in [-0.3, -0.25) is 10.2 Å². The fourth-order valence-corrected chi connectivity index (χ4v) is 1.67. The summed E-state index contributed by atoms with van der Waals surface area (Å²) in [7, 11) is 1.61. The molecule has 0 aliphatic rings. The van der Waals surface area contributed by atoms with Crippen LogP contribution < -0.4 is 16.0 Å². The van der Waals surface area contributed by atoms with Crippen LogP contribution in [0.1, 0.15) is 12.0 Å². The number of aryl methyl sites for hydroxylation is 1. The number of benzene rings is 1. The van der Waals surface area contributed by atoms with Crippen molar-refractivity contribution in [3.8, 4) is 5.75 Å². The van der Waals surface area contributed by atoms with Crippen LogP contribution in [0.4, 0.5) is 0 Å². The Morgan fingerprint density at radius 1 is 1.60 bits per heavy atom. The summed E-state index contributed by atoms with van der Waals surface area (Å²) in [6.45, 7) is 0. The molecular formula is C10H13BrN2O2. The van der Waals surface area contributed by atoms with Crippen molar-refractivity contribution >= 4 is 21.8 Å². The van der Waals surface area contributed by atoms with E-state index in [2.05, 4.69) is 21.4 Å². The third kappa shape index (κ3) is 3.53. The number of hydrogen-bond acceptors (Lipinski definition) is 3. The second kappa shape index (κ2) is 5.72. The lowest BCUT2D eigenvalue weighted by Crippen LogP contribution is -2.30. The van der Waals surface area contributed by atoms with Gasteiger partial charge in [0.05, 0.1) is 7.11 Å². The van der Waals surface area contributed by atoms with E-state index in [1.807, 2.05) is 18.2 Å². The molecule has 0 atom stereocenters. The van der Waals surface area contributed by atoms with E-state index in [4.69, 9.17) is 10.6 Å². The Bertz CT molecular complexity index is 355. The van der Waals surface area contributed by atoms with Crippen molar-refractivity contribution in [1.82, 2.24) is 5.43 Å². The first-order chi connectivity index (χ1) is 7.17. The van der Waals surface area contributed by atoms with Crippen molar-refractivity contribution in [2.24, 2.45) is 5.84 Å². The number of methoxy groups -OCH3 is 1. The number of hydrogen-bond donors (Lipinski definition) is 2. The minimum absolute atomic E-state index is 0.183. The summed E-state index contributed by atoms with van der Waals surface area (Å²) in [6, 6.07) is 5.69. The van der Waals surface area contributed by atoms with Crippen LogP contribution in [-0.4, -0.2) is 13.0 Å². The molecule has 0 bridgehead atoms. The van der Waals surface area contributed by atoms with Crippen molar-refractivity contribution in [3.05, 3.63) is 28.2 Å². The molecule has 1 aromatic carbocycles.